The molecule has 2 aromatic rings. The molecule has 0 amide bonds. The number of carboxylic acids is 1. The zero-order chi connectivity index (χ0) is 10.3. The van der Waals surface area contributed by atoms with E-state index in [1.807, 2.05) is 0 Å². The second-order valence-electron chi connectivity index (χ2n) is 2.83. The molecule has 0 spiro atoms. The smallest absolute Gasteiger partial charge is 0.337 e. The molecule has 1 heterocycles. The summed E-state index contributed by atoms with van der Waals surface area (Å²) in [4.78, 5) is 10.8. The van der Waals surface area contributed by atoms with Gasteiger partial charge in [-0.2, -0.15) is 0 Å². The highest BCUT2D eigenvalue weighted by molar-refractivity contribution is 7.17. The van der Waals surface area contributed by atoms with Gasteiger partial charge in [-0.3, -0.25) is 0 Å². The molecule has 72 valence electrons. The fourth-order valence-corrected chi connectivity index (χ4v) is 2.69. The lowest BCUT2D eigenvalue weighted by molar-refractivity contribution is 0.0699. The number of halogens is 1. The Morgan fingerprint density at radius 2 is 2.21 bits per heavy atom. The summed E-state index contributed by atoms with van der Waals surface area (Å²) in [6, 6.07) is 3.28. The van der Waals surface area contributed by atoms with E-state index < -0.39 is 5.97 Å². The van der Waals surface area contributed by atoms with Crippen LogP contribution in [0, 0.1) is 0 Å². The van der Waals surface area contributed by atoms with Crippen LogP contribution in [0.3, 0.4) is 0 Å². The Morgan fingerprint density at radius 1 is 1.50 bits per heavy atom. The van der Waals surface area contributed by atoms with Crippen molar-refractivity contribution in [3.8, 4) is 0 Å². The Balaban J connectivity index is 2.85. The first-order valence-electron chi connectivity index (χ1n) is 3.79. The number of thiophene rings is 1. The first-order valence-corrected chi connectivity index (χ1v) is 5.05. The van der Waals surface area contributed by atoms with Crippen molar-refractivity contribution in [2.45, 2.75) is 0 Å². The molecule has 0 aliphatic heterocycles. The monoisotopic (exact) mass is 227 g/mol. The number of hydrogen-bond donors (Lipinski definition) is 2. The minimum Gasteiger partial charge on any atom is -0.478 e. The molecule has 14 heavy (non-hydrogen) atoms. The fourth-order valence-electron chi connectivity index (χ4n) is 1.29. The van der Waals surface area contributed by atoms with Crippen LogP contribution >= 0.6 is 22.9 Å². The molecule has 0 bridgehead atoms. The Hall–Kier alpha value is -1.26. The van der Waals surface area contributed by atoms with E-state index in [9.17, 15) is 4.79 Å². The molecule has 0 atom stereocenters. The Morgan fingerprint density at radius 3 is 2.86 bits per heavy atom. The minimum absolute atomic E-state index is 0.231. The quantitative estimate of drug-likeness (QED) is 0.737. The van der Waals surface area contributed by atoms with E-state index in [0.29, 0.717) is 16.1 Å². The zero-order valence-electron chi connectivity index (χ0n) is 6.95. The van der Waals surface area contributed by atoms with Crippen molar-refractivity contribution < 1.29 is 9.90 Å². The molecule has 2 rings (SSSR count). The van der Waals surface area contributed by atoms with E-state index in [1.165, 1.54) is 11.3 Å². The van der Waals surface area contributed by atoms with Gasteiger partial charge in [0.2, 0.25) is 0 Å². The summed E-state index contributed by atoms with van der Waals surface area (Å²) in [5, 5.41) is 11.4. The minimum atomic E-state index is -0.970. The largest absolute Gasteiger partial charge is 0.478 e. The van der Waals surface area contributed by atoms with Gasteiger partial charge < -0.3 is 10.8 Å². The highest BCUT2D eigenvalue weighted by Gasteiger charge is 2.13. The van der Waals surface area contributed by atoms with Crippen LogP contribution in [0.2, 0.25) is 5.02 Å². The molecule has 1 aromatic carbocycles. The first-order chi connectivity index (χ1) is 6.59. The van der Waals surface area contributed by atoms with Crippen LogP contribution in [0.1, 0.15) is 10.4 Å². The molecule has 3 nitrogen and oxygen atoms in total. The molecule has 0 aliphatic rings. The molecule has 0 saturated heterocycles. The summed E-state index contributed by atoms with van der Waals surface area (Å²) in [6.07, 6.45) is 0. The van der Waals surface area contributed by atoms with Crippen molar-refractivity contribution in [2.75, 3.05) is 5.73 Å². The molecule has 0 fully saturated rings. The SMILES string of the molecule is Nc1cc(Cl)c2c(C(=O)O)csc2c1. The summed E-state index contributed by atoms with van der Waals surface area (Å²) in [7, 11) is 0. The standard InChI is InChI=1S/C9H6ClNO2S/c10-6-1-4(11)2-7-8(6)5(3-14-7)9(12)13/h1-3H,11H2,(H,12,13). The van der Waals surface area contributed by atoms with Gasteiger partial charge in [0.05, 0.1) is 10.6 Å². The highest BCUT2D eigenvalue weighted by atomic mass is 35.5. The molecular formula is C9H6ClNO2S. The van der Waals surface area contributed by atoms with E-state index in [4.69, 9.17) is 22.4 Å². The van der Waals surface area contributed by atoms with Gasteiger partial charge >= 0.3 is 5.97 Å². The number of rotatable bonds is 1. The lowest BCUT2D eigenvalue weighted by atomic mass is 10.1. The van der Waals surface area contributed by atoms with E-state index in [0.717, 1.165) is 4.70 Å². The Labute approximate surface area is 88.7 Å². The van der Waals surface area contributed by atoms with Crippen LogP contribution in [0.4, 0.5) is 5.69 Å². The average Bonchev–Trinajstić information content (AvgIpc) is 2.47. The summed E-state index contributed by atoms with van der Waals surface area (Å²) in [6.45, 7) is 0. The molecule has 3 N–H and O–H groups in total. The van der Waals surface area contributed by atoms with Crippen molar-refractivity contribution in [3.63, 3.8) is 0 Å². The first kappa shape index (κ1) is 9.30. The second-order valence-corrected chi connectivity index (χ2v) is 4.15. The lowest BCUT2D eigenvalue weighted by Crippen LogP contribution is -1.94. The maximum absolute atomic E-state index is 10.8. The number of nitrogens with two attached hydrogens (primary N) is 1. The van der Waals surface area contributed by atoms with E-state index in [2.05, 4.69) is 0 Å². The highest BCUT2D eigenvalue weighted by Crippen LogP contribution is 2.34. The van der Waals surface area contributed by atoms with E-state index in [-0.39, 0.29) is 5.56 Å². The van der Waals surface area contributed by atoms with Crippen molar-refractivity contribution >= 4 is 44.7 Å². The zero-order valence-corrected chi connectivity index (χ0v) is 8.52. The van der Waals surface area contributed by atoms with Crippen LogP contribution in [-0.2, 0) is 0 Å². The predicted molar refractivity (Wildman–Crippen MR) is 58.2 cm³/mol. The summed E-state index contributed by atoms with van der Waals surface area (Å²) >= 11 is 7.24. The topological polar surface area (TPSA) is 63.3 Å². The number of benzene rings is 1. The normalized spacial score (nSPS) is 10.6. The van der Waals surface area contributed by atoms with Gasteiger partial charge in [0.15, 0.2) is 0 Å². The lowest BCUT2D eigenvalue weighted by Gasteiger charge is -1.98. The van der Waals surface area contributed by atoms with Crippen molar-refractivity contribution in [2.24, 2.45) is 0 Å². The van der Waals surface area contributed by atoms with Gasteiger partial charge in [-0.15, -0.1) is 11.3 Å². The van der Waals surface area contributed by atoms with Crippen LogP contribution < -0.4 is 5.73 Å². The van der Waals surface area contributed by atoms with Gasteiger partial charge in [-0.1, -0.05) is 11.6 Å². The predicted octanol–water partition coefficient (Wildman–Crippen LogP) is 2.84. The maximum Gasteiger partial charge on any atom is 0.337 e. The van der Waals surface area contributed by atoms with Crippen LogP contribution in [0.25, 0.3) is 10.1 Å². The third kappa shape index (κ3) is 1.32. The Bertz CT molecular complexity index is 521. The molecular weight excluding hydrogens is 222 g/mol. The second kappa shape index (κ2) is 3.15. The van der Waals surface area contributed by atoms with E-state index >= 15 is 0 Å². The van der Waals surface area contributed by atoms with Crippen LogP contribution in [0.5, 0.6) is 0 Å². The van der Waals surface area contributed by atoms with Gasteiger partial charge in [0, 0.05) is 21.2 Å². The van der Waals surface area contributed by atoms with Gasteiger partial charge in [0.1, 0.15) is 0 Å². The number of nitrogen functional groups attached to an aromatic ring is 1. The van der Waals surface area contributed by atoms with Gasteiger partial charge in [-0.25, -0.2) is 4.79 Å². The van der Waals surface area contributed by atoms with Gasteiger partial charge in [-0.05, 0) is 12.1 Å². The third-order valence-corrected chi connectivity index (χ3v) is 3.11. The Kier molecular flexibility index (Phi) is 2.09. The van der Waals surface area contributed by atoms with Crippen LogP contribution in [-0.4, -0.2) is 11.1 Å². The number of anilines is 1. The molecule has 1 aromatic heterocycles. The third-order valence-electron chi connectivity index (χ3n) is 1.88. The number of carbonyl (C=O) groups is 1. The molecule has 0 unspecified atom stereocenters. The van der Waals surface area contributed by atoms with Crippen molar-refractivity contribution in [3.05, 3.63) is 28.1 Å². The van der Waals surface area contributed by atoms with Crippen molar-refractivity contribution in [1.29, 1.82) is 0 Å². The number of aromatic carboxylic acids is 1. The number of fused-ring (bicyclic) bond motifs is 1. The van der Waals surface area contributed by atoms with Crippen molar-refractivity contribution in [1.82, 2.24) is 0 Å². The van der Waals surface area contributed by atoms with E-state index in [1.54, 1.807) is 17.5 Å². The molecule has 5 heteroatoms. The summed E-state index contributed by atoms with van der Waals surface area (Å²) in [5.74, 6) is -0.970. The molecule has 0 saturated carbocycles. The number of hydrogen-bond acceptors (Lipinski definition) is 3. The van der Waals surface area contributed by atoms with Gasteiger partial charge in [0.25, 0.3) is 0 Å². The fraction of sp³-hybridized carbons (Fsp3) is 0. The molecule has 0 aliphatic carbocycles. The average molecular weight is 228 g/mol. The summed E-state index contributed by atoms with van der Waals surface area (Å²) < 4.78 is 0.799. The summed E-state index contributed by atoms with van der Waals surface area (Å²) in [5.41, 5.74) is 6.36. The molecule has 0 radical (unpaired) electrons. The number of carboxylic acid groups (broad SMARTS) is 1. The maximum atomic E-state index is 10.8. The van der Waals surface area contributed by atoms with Crippen LogP contribution in [0.15, 0.2) is 17.5 Å².